The summed E-state index contributed by atoms with van der Waals surface area (Å²) in [7, 11) is 1.76. The maximum absolute atomic E-state index is 13.1. The van der Waals surface area contributed by atoms with Crippen molar-refractivity contribution in [3.63, 3.8) is 0 Å². The number of carbonyl (C=O) groups is 1. The monoisotopic (exact) mass is 404 g/mol. The van der Waals surface area contributed by atoms with Crippen LogP contribution in [-0.2, 0) is 0 Å². The minimum Gasteiger partial charge on any atom is -0.368 e. The van der Waals surface area contributed by atoms with Crippen molar-refractivity contribution in [2.75, 3.05) is 51.2 Å². The maximum atomic E-state index is 13.1. The number of thiazole rings is 1. The highest BCUT2D eigenvalue weighted by molar-refractivity contribution is 7.11. The van der Waals surface area contributed by atoms with E-state index in [1.807, 2.05) is 19.1 Å². The number of nitrogens with one attached hydrogen (secondary N) is 2. The molecule has 0 radical (unpaired) electrons. The molecule has 1 aromatic heterocycles. The lowest BCUT2D eigenvalue weighted by atomic mass is 10.2. The number of halogens is 1. The predicted molar refractivity (Wildman–Crippen MR) is 111 cm³/mol. The van der Waals surface area contributed by atoms with Crippen LogP contribution >= 0.6 is 11.3 Å². The highest BCUT2D eigenvalue weighted by Gasteiger charge is 2.20. The van der Waals surface area contributed by atoms with Gasteiger partial charge in [0.2, 0.25) is 0 Å². The molecule has 1 saturated heterocycles. The molecule has 1 aliphatic heterocycles. The molecule has 2 heterocycles. The number of carbonyl (C=O) groups excluding carboxylic acids is 1. The molecule has 0 unspecified atom stereocenters. The van der Waals surface area contributed by atoms with E-state index in [2.05, 4.69) is 30.4 Å². The van der Waals surface area contributed by atoms with Crippen LogP contribution in [-0.4, -0.2) is 68.1 Å². The van der Waals surface area contributed by atoms with Gasteiger partial charge in [0.25, 0.3) is 5.91 Å². The molecule has 7 nitrogen and oxygen atoms in total. The van der Waals surface area contributed by atoms with Crippen LogP contribution in [0.2, 0.25) is 0 Å². The van der Waals surface area contributed by atoms with Gasteiger partial charge in [-0.3, -0.25) is 9.79 Å². The average Bonchev–Trinajstić information content (AvgIpc) is 3.15. The second kappa shape index (κ2) is 9.50. The summed E-state index contributed by atoms with van der Waals surface area (Å²) in [5.74, 6) is 0.510. The normalized spacial score (nSPS) is 14.9. The third-order valence-electron chi connectivity index (χ3n) is 4.63. The Labute approximate surface area is 168 Å². The SMILES string of the molecule is CN=C(NCCNC(=O)c1scnc1C)N1CCN(c2ccc(F)cc2)CC1. The molecule has 0 aliphatic carbocycles. The van der Waals surface area contributed by atoms with E-state index >= 15 is 0 Å². The fourth-order valence-corrected chi connectivity index (χ4v) is 3.83. The van der Waals surface area contributed by atoms with Gasteiger partial charge in [-0.25, -0.2) is 9.37 Å². The Hall–Kier alpha value is -2.68. The lowest BCUT2D eigenvalue weighted by Gasteiger charge is -2.37. The van der Waals surface area contributed by atoms with Crippen LogP contribution in [0, 0.1) is 12.7 Å². The quantitative estimate of drug-likeness (QED) is 0.451. The van der Waals surface area contributed by atoms with Crippen LogP contribution < -0.4 is 15.5 Å². The van der Waals surface area contributed by atoms with Crippen molar-refractivity contribution in [2.45, 2.75) is 6.92 Å². The molecule has 150 valence electrons. The van der Waals surface area contributed by atoms with E-state index < -0.39 is 0 Å². The molecule has 1 amide bonds. The number of nitrogens with zero attached hydrogens (tertiary/aromatic N) is 4. The second-order valence-electron chi connectivity index (χ2n) is 6.45. The number of benzene rings is 1. The molecular weight excluding hydrogens is 379 g/mol. The zero-order chi connectivity index (χ0) is 19.9. The summed E-state index contributed by atoms with van der Waals surface area (Å²) in [6.45, 7) is 6.25. The number of aromatic nitrogens is 1. The molecule has 3 rings (SSSR count). The number of hydrogen-bond donors (Lipinski definition) is 2. The van der Waals surface area contributed by atoms with E-state index in [9.17, 15) is 9.18 Å². The number of amides is 1. The lowest BCUT2D eigenvalue weighted by molar-refractivity contribution is 0.0957. The number of aliphatic imine (C=N–C) groups is 1. The number of anilines is 1. The van der Waals surface area contributed by atoms with Crippen molar-refractivity contribution < 1.29 is 9.18 Å². The molecular formula is C19H25FN6OS. The van der Waals surface area contributed by atoms with Crippen molar-refractivity contribution in [3.05, 3.63) is 46.2 Å². The van der Waals surface area contributed by atoms with Crippen molar-refractivity contribution in [2.24, 2.45) is 4.99 Å². The molecule has 0 saturated carbocycles. The predicted octanol–water partition coefficient (Wildman–Crippen LogP) is 1.72. The van der Waals surface area contributed by atoms with Crippen LogP contribution in [0.25, 0.3) is 0 Å². The zero-order valence-corrected chi connectivity index (χ0v) is 16.9. The maximum Gasteiger partial charge on any atom is 0.263 e. The summed E-state index contributed by atoms with van der Waals surface area (Å²) in [6, 6.07) is 6.60. The Bertz CT molecular complexity index is 814. The van der Waals surface area contributed by atoms with Crippen LogP contribution in [0.15, 0.2) is 34.8 Å². The van der Waals surface area contributed by atoms with E-state index in [-0.39, 0.29) is 11.7 Å². The Balaban J connectivity index is 1.41. The standard InChI is InChI=1S/C19H25FN6OS/c1-14-17(28-13-24-14)18(27)22-7-8-23-19(21-2)26-11-9-25(10-12-26)16-5-3-15(20)4-6-16/h3-6,13H,7-12H2,1-2H3,(H,21,23)(H,22,27). The third-order valence-corrected chi connectivity index (χ3v) is 5.56. The first-order chi connectivity index (χ1) is 13.6. The van der Waals surface area contributed by atoms with Gasteiger partial charge in [-0.15, -0.1) is 11.3 Å². The number of rotatable bonds is 5. The molecule has 1 fully saturated rings. The van der Waals surface area contributed by atoms with Gasteiger partial charge in [-0.05, 0) is 31.2 Å². The van der Waals surface area contributed by atoms with Gasteiger partial charge in [0.1, 0.15) is 10.7 Å². The molecule has 2 aromatic rings. The Morgan fingerprint density at radius 1 is 1.18 bits per heavy atom. The fraction of sp³-hybridized carbons (Fsp3) is 0.421. The smallest absolute Gasteiger partial charge is 0.263 e. The molecule has 2 N–H and O–H groups in total. The van der Waals surface area contributed by atoms with Crippen molar-refractivity contribution in [1.29, 1.82) is 0 Å². The highest BCUT2D eigenvalue weighted by Crippen LogP contribution is 2.17. The molecule has 9 heteroatoms. The molecule has 1 aromatic carbocycles. The Morgan fingerprint density at radius 3 is 2.46 bits per heavy atom. The Morgan fingerprint density at radius 2 is 1.86 bits per heavy atom. The summed E-state index contributed by atoms with van der Waals surface area (Å²) in [6.07, 6.45) is 0. The number of guanidine groups is 1. The molecule has 1 aliphatic rings. The number of hydrogen-bond acceptors (Lipinski definition) is 5. The van der Waals surface area contributed by atoms with Gasteiger partial charge in [0, 0.05) is 52.0 Å². The Kier molecular flexibility index (Phi) is 6.80. The summed E-state index contributed by atoms with van der Waals surface area (Å²) < 4.78 is 13.1. The van der Waals surface area contributed by atoms with Gasteiger partial charge in [0.05, 0.1) is 11.2 Å². The minimum atomic E-state index is -0.218. The number of piperazine rings is 1. The van der Waals surface area contributed by atoms with E-state index in [0.717, 1.165) is 43.5 Å². The van der Waals surface area contributed by atoms with Gasteiger partial charge >= 0.3 is 0 Å². The number of aryl methyl sites for hydroxylation is 1. The van der Waals surface area contributed by atoms with Crippen molar-refractivity contribution in [1.82, 2.24) is 20.5 Å². The van der Waals surface area contributed by atoms with Gasteiger partial charge in [-0.1, -0.05) is 0 Å². The first-order valence-electron chi connectivity index (χ1n) is 9.23. The van der Waals surface area contributed by atoms with Gasteiger partial charge in [-0.2, -0.15) is 0 Å². The second-order valence-corrected chi connectivity index (χ2v) is 7.30. The highest BCUT2D eigenvalue weighted by atomic mass is 32.1. The van der Waals surface area contributed by atoms with Crippen LogP contribution in [0.1, 0.15) is 15.4 Å². The van der Waals surface area contributed by atoms with Crippen molar-refractivity contribution >= 4 is 28.9 Å². The van der Waals surface area contributed by atoms with E-state index in [4.69, 9.17) is 0 Å². The lowest BCUT2D eigenvalue weighted by Crippen LogP contribution is -2.53. The first kappa shape index (κ1) is 20.1. The van der Waals surface area contributed by atoms with E-state index in [1.54, 1.807) is 12.6 Å². The van der Waals surface area contributed by atoms with Gasteiger partial charge in [0.15, 0.2) is 5.96 Å². The zero-order valence-electron chi connectivity index (χ0n) is 16.1. The molecule has 28 heavy (non-hydrogen) atoms. The molecule has 0 bridgehead atoms. The van der Waals surface area contributed by atoms with Crippen LogP contribution in [0.4, 0.5) is 10.1 Å². The molecule has 0 spiro atoms. The summed E-state index contributed by atoms with van der Waals surface area (Å²) in [4.78, 5) is 25.6. The summed E-state index contributed by atoms with van der Waals surface area (Å²) in [5, 5.41) is 6.20. The topological polar surface area (TPSA) is 72.9 Å². The fourth-order valence-electron chi connectivity index (χ4n) is 3.11. The van der Waals surface area contributed by atoms with Crippen molar-refractivity contribution in [3.8, 4) is 0 Å². The average molecular weight is 405 g/mol. The third kappa shape index (κ3) is 4.98. The van der Waals surface area contributed by atoms with Crippen LogP contribution in [0.3, 0.4) is 0 Å². The van der Waals surface area contributed by atoms with Crippen LogP contribution in [0.5, 0.6) is 0 Å². The van der Waals surface area contributed by atoms with E-state index in [1.165, 1.54) is 23.5 Å². The first-order valence-corrected chi connectivity index (χ1v) is 10.1. The largest absolute Gasteiger partial charge is 0.368 e. The van der Waals surface area contributed by atoms with Gasteiger partial charge < -0.3 is 20.4 Å². The summed E-state index contributed by atoms with van der Waals surface area (Å²) >= 11 is 1.35. The minimum absolute atomic E-state index is 0.0929. The molecule has 0 atom stereocenters. The van der Waals surface area contributed by atoms with E-state index in [0.29, 0.717) is 18.0 Å². The summed E-state index contributed by atoms with van der Waals surface area (Å²) in [5.41, 5.74) is 3.46.